The SMILES string of the molecule is CCO[P+](=O)OCC.[H-].[H-].[Li+].[Li+]. The van der Waals surface area contributed by atoms with E-state index in [9.17, 15) is 4.57 Å². The van der Waals surface area contributed by atoms with Crippen molar-refractivity contribution in [3.05, 3.63) is 0 Å². The number of rotatable bonds is 4. The first-order valence-corrected chi connectivity index (χ1v) is 3.63. The van der Waals surface area contributed by atoms with Gasteiger partial charge in [0.15, 0.2) is 0 Å². The van der Waals surface area contributed by atoms with Crippen LogP contribution in [0.2, 0.25) is 0 Å². The minimum atomic E-state index is -1.83. The Bertz CT molecular complexity index is 80.7. The molecule has 0 atom stereocenters. The van der Waals surface area contributed by atoms with E-state index in [0.29, 0.717) is 13.2 Å². The van der Waals surface area contributed by atoms with Crippen LogP contribution in [0.3, 0.4) is 0 Å². The molecule has 0 aliphatic carbocycles. The molecule has 0 aromatic rings. The summed E-state index contributed by atoms with van der Waals surface area (Å²) in [7, 11) is -1.83. The summed E-state index contributed by atoms with van der Waals surface area (Å²) in [5.41, 5.74) is 0. The molecule has 0 aromatic carbocycles. The molecule has 52 valence electrons. The van der Waals surface area contributed by atoms with Crippen LogP contribution >= 0.6 is 8.25 Å². The number of hydrogen-bond donors (Lipinski definition) is 0. The first kappa shape index (κ1) is 17.3. The topological polar surface area (TPSA) is 35.5 Å². The van der Waals surface area contributed by atoms with Crippen LogP contribution in [0.15, 0.2) is 0 Å². The van der Waals surface area contributed by atoms with E-state index in [1.54, 1.807) is 13.8 Å². The van der Waals surface area contributed by atoms with E-state index in [2.05, 4.69) is 9.05 Å². The van der Waals surface area contributed by atoms with Gasteiger partial charge in [-0.1, -0.05) is 0 Å². The summed E-state index contributed by atoms with van der Waals surface area (Å²) in [6, 6.07) is 0. The fourth-order valence-electron chi connectivity index (χ4n) is 0.248. The predicted molar refractivity (Wildman–Crippen MR) is 33.1 cm³/mol. The molecule has 0 rings (SSSR count). The van der Waals surface area contributed by atoms with Crippen molar-refractivity contribution >= 4 is 8.25 Å². The van der Waals surface area contributed by atoms with Crippen LogP contribution in [0.4, 0.5) is 0 Å². The van der Waals surface area contributed by atoms with E-state index in [1.807, 2.05) is 0 Å². The van der Waals surface area contributed by atoms with Crippen LogP contribution in [-0.4, -0.2) is 13.2 Å². The van der Waals surface area contributed by atoms with Crippen LogP contribution in [0.25, 0.3) is 0 Å². The third kappa shape index (κ3) is 11.9. The second kappa shape index (κ2) is 12.9. The van der Waals surface area contributed by atoms with Gasteiger partial charge in [-0.15, -0.1) is 9.05 Å². The fourth-order valence-corrected chi connectivity index (χ4v) is 0.744. The summed E-state index contributed by atoms with van der Waals surface area (Å²) in [6.45, 7) is 4.42. The van der Waals surface area contributed by atoms with Crippen molar-refractivity contribution in [2.75, 3.05) is 13.2 Å². The van der Waals surface area contributed by atoms with Gasteiger partial charge < -0.3 is 2.85 Å². The Morgan fingerprint density at radius 1 is 1.20 bits per heavy atom. The average Bonchev–Trinajstić information content (AvgIpc) is 1.68. The monoisotopic (exact) mass is 153 g/mol. The molecule has 0 bridgehead atoms. The van der Waals surface area contributed by atoms with Crippen LogP contribution in [0.5, 0.6) is 0 Å². The average molecular weight is 153 g/mol. The molecule has 0 aromatic heterocycles. The molecule has 0 heterocycles. The largest absolute Gasteiger partial charge is 1.00 e. The van der Waals surface area contributed by atoms with Crippen LogP contribution < -0.4 is 37.7 Å². The zero-order valence-corrected chi connectivity index (χ0v) is 7.98. The quantitative estimate of drug-likeness (QED) is 0.304. The molecule has 3 nitrogen and oxygen atoms in total. The summed E-state index contributed by atoms with van der Waals surface area (Å²) in [6.07, 6.45) is 0. The molecule has 0 saturated heterocycles. The van der Waals surface area contributed by atoms with Gasteiger partial charge >= 0.3 is 46.0 Å². The normalized spacial score (nSPS) is 7.40. The first-order valence-electron chi connectivity index (χ1n) is 2.54. The molecule has 6 heteroatoms. The van der Waals surface area contributed by atoms with Gasteiger partial charge in [-0.3, -0.25) is 0 Å². The second-order valence-corrected chi connectivity index (χ2v) is 2.02. The van der Waals surface area contributed by atoms with Gasteiger partial charge in [-0.2, -0.15) is 0 Å². The summed E-state index contributed by atoms with van der Waals surface area (Å²) in [4.78, 5) is 0. The van der Waals surface area contributed by atoms with E-state index in [0.717, 1.165) is 0 Å². The Morgan fingerprint density at radius 3 is 1.70 bits per heavy atom. The van der Waals surface area contributed by atoms with Crippen LogP contribution in [0, 0.1) is 0 Å². The van der Waals surface area contributed by atoms with Crippen molar-refractivity contribution in [2.24, 2.45) is 0 Å². The van der Waals surface area contributed by atoms with Gasteiger partial charge in [-0.05, 0) is 13.8 Å². The summed E-state index contributed by atoms with van der Waals surface area (Å²) < 4.78 is 19.5. The molecule has 0 aliphatic heterocycles. The minimum absolute atomic E-state index is 0. The molecule has 0 fully saturated rings. The molecule has 0 radical (unpaired) electrons. The third-order valence-electron chi connectivity index (χ3n) is 0.469. The van der Waals surface area contributed by atoms with E-state index in [4.69, 9.17) is 0 Å². The molecule has 0 N–H and O–H groups in total. The molecular weight excluding hydrogens is 141 g/mol. The van der Waals surface area contributed by atoms with Gasteiger partial charge in [0.25, 0.3) is 0 Å². The first-order chi connectivity index (χ1) is 3.81. The minimum Gasteiger partial charge on any atom is -1.00 e. The van der Waals surface area contributed by atoms with E-state index >= 15 is 0 Å². The van der Waals surface area contributed by atoms with Crippen molar-refractivity contribution in [3.63, 3.8) is 0 Å². The van der Waals surface area contributed by atoms with Crippen molar-refractivity contribution in [1.29, 1.82) is 0 Å². The van der Waals surface area contributed by atoms with Gasteiger partial charge in [0, 0.05) is 4.57 Å². The van der Waals surface area contributed by atoms with Crippen molar-refractivity contribution in [1.82, 2.24) is 0 Å². The van der Waals surface area contributed by atoms with Crippen molar-refractivity contribution in [2.45, 2.75) is 13.8 Å². The van der Waals surface area contributed by atoms with Gasteiger partial charge in [0.1, 0.15) is 13.2 Å². The summed E-state index contributed by atoms with van der Waals surface area (Å²) >= 11 is 0. The summed E-state index contributed by atoms with van der Waals surface area (Å²) in [5.74, 6) is 0. The zero-order chi connectivity index (χ0) is 6.41. The van der Waals surface area contributed by atoms with Gasteiger partial charge in [-0.25, -0.2) is 0 Å². The molecule has 0 amide bonds. The van der Waals surface area contributed by atoms with Crippen molar-refractivity contribution < 1.29 is 54.2 Å². The molecule has 0 unspecified atom stereocenters. The molecule has 10 heavy (non-hydrogen) atoms. The molecule has 0 spiro atoms. The van der Waals surface area contributed by atoms with E-state index in [1.165, 1.54) is 0 Å². The standard InChI is InChI=1S/C4H10O3P.2Li.2H/c1-3-6-8(5)7-4-2;;;;/h3-4H2,1-2H3;;;;/q3*+1;2*-1. The maximum atomic E-state index is 10.3. The third-order valence-corrected chi connectivity index (χ3v) is 1.41. The van der Waals surface area contributed by atoms with Gasteiger partial charge in [0.05, 0.1) is 0 Å². The smallest absolute Gasteiger partial charge is 1.00 e. The maximum absolute atomic E-state index is 10.3. The zero-order valence-electron chi connectivity index (χ0n) is 9.09. The Morgan fingerprint density at radius 2 is 1.50 bits per heavy atom. The van der Waals surface area contributed by atoms with Crippen molar-refractivity contribution in [3.8, 4) is 0 Å². The number of hydrogen-bond acceptors (Lipinski definition) is 3. The Balaban J connectivity index is -0.0000000408. The second-order valence-electron chi connectivity index (χ2n) is 1.06. The molecular formula is C4H12Li2O3P+. The van der Waals surface area contributed by atoms with Gasteiger partial charge in [0.2, 0.25) is 0 Å². The Kier molecular flexibility index (Phi) is 22.3. The van der Waals surface area contributed by atoms with Crippen LogP contribution in [-0.2, 0) is 13.6 Å². The maximum Gasteiger partial charge on any atom is 1.00 e. The van der Waals surface area contributed by atoms with Crippen LogP contribution in [0.1, 0.15) is 16.7 Å². The molecule has 0 aliphatic rings. The van der Waals surface area contributed by atoms with E-state index in [-0.39, 0.29) is 40.6 Å². The van der Waals surface area contributed by atoms with E-state index < -0.39 is 8.25 Å². The summed E-state index contributed by atoms with van der Waals surface area (Å²) in [5, 5.41) is 0. The Labute approximate surface area is 89.5 Å². The Hall–Kier alpha value is 1.21. The predicted octanol–water partition coefficient (Wildman–Crippen LogP) is -4.05. The fraction of sp³-hybridized carbons (Fsp3) is 1.00. The molecule has 0 saturated carbocycles.